The first-order chi connectivity index (χ1) is 12.3. The van der Waals surface area contributed by atoms with Gasteiger partial charge in [0.15, 0.2) is 0 Å². The SMILES string of the molecule is COc1ccc(-c2cc(C(N)c3nccs3)c3ccccc3n2)cc1. The minimum Gasteiger partial charge on any atom is -0.497 e. The Bertz CT molecular complexity index is 997. The number of benzene rings is 2. The summed E-state index contributed by atoms with van der Waals surface area (Å²) in [6.45, 7) is 0. The number of nitrogens with zero attached hydrogens (tertiary/aromatic N) is 2. The maximum atomic E-state index is 6.52. The van der Waals surface area contributed by atoms with Crippen molar-refractivity contribution in [3.05, 3.63) is 76.7 Å². The van der Waals surface area contributed by atoms with E-state index in [4.69, 9.17) is 15.5 Å². The number of methoxy groups -OCH3 is 1. The van der Waals surface area contributed by atoms with Crippen LogP contribution in [0, 0.1) is 0 Å². The molecule has 0 bridgehead atoms. The average Bonchev–Trinajstić information content (AvgIpc) is 3.21. The highest BCUT2D eigenvalue weighted by Gasteiger charge is 2.17. The van der Waals surface area contributed by atoms with Gasteiger partial charge in [-0.15, -0.1) is 11.3 Å². The number of hydrogen-bond donors (Lipinski definition) is 1. The summed E-state index contributed by atoms with van der Waals surface area (Å²) in [4.78, 5) is 9.19. The van der Waals surface area contributed by atoms with Crippen LogP contribution in [-0.4, -0.2) is 17.1 Å². The zero-order valence-electron chi connectivity index (χ0n) is 13.7. The summed E-state index contributed by atoms with van der Waals surface area (Å²) in [6, 6.07) is 17.8. The third-order valence-corrected chi connectivity index (χ3v) is 5.05. The number of rotatable bonds is 4. The van der Waals surface area contributed by atoms with E-state index in [-0.39, 0.29) is 6.04 Å². The molecule has 0 spiro atoms. The smallest absolute Gasteiger partial charge is 0.118 e. The van der Waals surface area contributed by atoms with Crippen molar-refractivity contribution in [3.63, 3.8) is 0 Å². The fourth-order valence-corrected chi connectivity index (χ4v) is 3.55. The van der Waals surface area contributed by atoms with Crippen molar-refractivity contribution >= 4 is 22.2 Å². The Hall–Kier alpha value is -2.76. The molecule has 5 heteroatoms. The molecule has 25 heavy (non-hydrogen) atoms. The average molecular weight is 347 g/mol. The number of pyridine rings is 1. The number of para-hydroxylation sites is 1. The number of nitrogens with two attached hydrogens (primary N) is 1. The van der Waals surface area contributed by atoms with Crippen LogP contribution in [0.15, 0.2) is 66.2 Å². The van der Waals surface area contributed by atoms with Crippen molar-refractivity contribution in [1.29, 1.82) is 0 Å². The molecule has 0 aliphatic rings. The molecule has 0 amide bonds. The third kappa shape index (κ3) is 2.99. The van der Waals surface area contributed by atoms with Gasteiger partial charge in [-0.1, -0.05) is 18.2 Å². The van der Waals surface area contributed by atoms with Crippen LogP contribution in [0.1, 0.15) is 16.6 Å². The topological polar surface area (TPSA) is 61.0 Å². The number of aromatic nitrogens is 2. The van der Waals surface area contributed by atoms with Gasteiger partial charge in [0.2, 0.25) is 0 Å². The molecule has 1 atom stereocenters. The number of thiazole rings is 1. The van der Waals surface area contributed by atoms with Crippen LogP contribution in [0.2, 0.25) is 0 Å². The summed E-state index contributed by atoms with van der Waals surface area (Å²) >= 11 is 1.57. The lowest BCUT2D eigenvalue weighted by Gasteiger charge is -2.14. The first kappa shape index (κ1) is 15.7. The predicted octanol–water partition coefficient (Wildman–Crippen LogP) is 4.42. The van der Waals surface area contributed by atoms with Crippen LogP contribution >= 0.6 is 11.3 Å². The van der Waals surface area contributed by atoms with E-state index >= 15 is 0 Å². The number of hydrogen-bond acceptors (Lipinski definition) is 5. The fourth-order valence-electron chi connectivity index (χ4n) is 2.89. The van der Waals surface area contributed by atoms with Gasteiger partial charge in [-0.05, 0) is 42.0 Å². The monoisotopic (exact) mass is 347 g/mol. The Labute approximate surface area is 149 Å². The van der Waals surface area contributed by atoms with Crippen LogP contribution in [0.5, 0.6) is 5.75 Å². The molecule has 4 nitrogen and oxygen atoms in total. The molecule has 1 unspecified atom stereocenters. The Morgan fingerprint density at radius 1 is 1.08 bits per heavy atom. The molecule has 0 aliphatic carbocycles. The first-order valence-electron chi connectivity index (χ1n) is 7.95. The van der Waals surface area contributed by atoms with Gasteiger partial charge in [0.25, 0.3) is 0 Å². The molecule has 0 saturated carbocycles. The van der Waals surface area contributed by atoms with E-state index in [9.17, 15) is 0 Å². The molecule has 0 fully saturated rings. The molecular formula is C20H17N3OS. The molecule has 124 valence electrons. The normalized spacial score (nSPS) is 12.2. The van der Waals surface area contributed by atoms with Gasteiger partial charge in [-0.3, -0.25) is 0 Å². The van der Waals surface area contributed by atoms with Crippen molar-refractivity contribution in [2.24, 2.45) is 5.73 Å². The summed E-state index contributed by atoms with van der Waals surface area (Å²) in [5.74, 6) is 0.823. The van der Waals surface area contributed by atoms with Crippen molar-refractivity contribution < 1.29 is 4.74 Å². The minimum absolute atomic E-state index is 0.273. The summed E-state index contributed by atoms with van der Waals surface area (Å²) in [5, 5.41) is 3.91. The van der Waals surface area contributed by atoms with Crippen LogP contribution in [0.4, 0.5) is 0 Å². The van der Waals surface area contributed by atoms with Crippen LogP contribution in [-0.2, 0) is 0 Å². The van der Waals surface area contributed by atoms with E-state index in [0.717, 1.165) is 38.5 Å². The lowest BCUT2D eigenvalue weighted by atomic mass is 9.99. The second kappa shape index (κ2) is 6.63. The van der Waals surface area contributed by atoms with E-state index in [1.807, 2.05) is 47.8 Å². The summed E-state index contributed by atoms with van der Waals surface area (Å²) in [7, 11) is 1.66. The third-order valence-electron chi connectivity index (χ3n) is 4.19. The number of ether oxygens (including phenoxy) is 1. The van der Waals surface area contributed by atoms with Crippen molar-refractivity contribution in [1.82, 2.24) is 9.97 Å². The Morgan fingerprint density at radius 2 is 1.88 bits per heavy atom. The minimum atomic E-state index is -0.273. The standard InChI is InChI=1S/C20H17N3OS/c1-24-14-8-6-13(7-9-14)18-12-16(19(21)20-22-10-11-25-20)15-4-2-3-5-17(15)23-18/h2-12,19H,21H2,1H3. The van der Waals surface area contributed by atoms with Crippen molar-refractivity contribution in [3.8, 4) is 17.0 Å². The van der Waals surface area contributed by atoms with Gasteiger partial charge in [0, 0.05) is 22.5 Å². The lowest BCUT2D eigenvalue weighted by Crippen LogP contribution is -2.12. The summed E-state index contributed by atoms with van der Waals surface area (Å²) < 4.78 is 5.24. The van der Waals surface area contributed by atoms with Crippen LogP contribution in [0.3, 0.4) is 0 Å². The van der Waals surface area contributed by atoms with Crippen molar-refractivity contribution in [2.45, 2.75) is 6.04 Å². The molecule has 0 saturated heterocycles. The molecule has 4 rings (SSSR count). The molecule has 2 heterocycles. The summed E-state index contributed by atoms with van der Waals surface area (Å²) in [6.07, 6.45) is 1.79. The maximum absolute atomic E-state index is 6.52. The van der Waals surface area contributed by atoms with E-state index in [1.165, 1.54) is 0 Å². The predicted molar refractivity (Wildman–Crippen MR) is 102 cm³/mol. The van der Waals surface area contributed by atoms with Crippen molar-refractivity contribution in [2.75, 3.05) is 7.11 Å². The van der Waals surface area contributed by atoms with E-state index in [1.54, 1.807) is 24.6 Å². The molecular weight excluding hydrogens is 330 g/mol. The zero-order chi connectivity index (χ0) is 17.2. The molecule has 0 radical (unpaired) electrons. The second-order valence-corrected chi connectivity index (χ2v) is 6.62. The Morgan fingerprint density at radius 3 is 2.60 bits per heavy atom. The highest BCUT2D eigenvalue weighted by atomic mass is 32.1. The van der Waals surface area contributed by atoms with E-state index < -0.39 is 0 Å². The van der Waals surface area contributed by atoms with Crippen LogP contribution < -0.4 is 10.5 Å². The van der Waals surface area contributed by atoms with Gasteiger partial charge in [-0.25, -0.2) is 9.97 Å². The fraction of sp³-hybridized carbons (Fsp3) is 0.100. The van der Waals surface area contributed by atoms with E-state index in [2.05, 4.69) is 17.1 Å². The quantitative estimate of drug-likeness (QED) is 0.594. The highest BCUT2D eigenvalue weighted by molar-refractivity contribution is 7.09. The largest absolute Gasteiger partial charge is 0.497 e. The van der Waals surface area contributed by atoms with Gasteiger partial charge in [0.1, 0.15) is 10.8 Å². The molecule has 2 aromatic carbocycles. The lowest BCUT2D eigenvalue weighted by molar-refractivity contribution is 0.415. The number of fused-ring (bicyclic) bond motifs is 1. The highest BCUT2D eigenvalue weighted by Crippen LogP contribution is 2.31. The first-order valence-corrected chi connectivity index (χ1v) is 8.83. The zero-order valence-corrected chi connectivity index (χ0v) is 14.5. The summed E-state index contributed by atoms with van der Waals surface area (Å²) in [5.41, 5.74) is 10.4. The Kier molecular flexibility index (Phi) is 4.17. The Balaban J connectivity index is 1.88. The molecule has 0 aliphatic heterocycles. The van der Waals surface area contributed by atoms with Gasteiger partial charge in [-0.2, -0.15) is 0 Å². The van der Waals surface area contributed by atoms with Gasteiger partial charge < -0.3 is 10.5 Å². The molecule has 2 aromatic heterocycles. The molecule has 2 N–H and O–H groups in total. The second-order valence-electron chi connectivity index (χ2n) is 5.69. The molecule has 4 aromatic rings. The van der Waals surface area contributed by atoms with E-state index in [0.29, 0.717) is 0 Å². The van der Waals surface area contributed by atoms with Gasteiger partial charge >= 0.3 is 0 Å². The van der Waals surface area contributed by atoms with Gasteiger partial charge in [0.05, 0.1) is 24.4 Å². The van der Waals surface area contributed by atoms with Crippen LogP contribution in [0.25, 0.3) is 22.2 Å². The maximum Gasteiger partial charge on any atom is 0.118 e.